The summed E-state index contributed by atoms with van der Waals surface area (Å²) in [7, 11) is 0. The first kappa shape index (κ1) is 9.76. The SMILES string of the molecule is Cc1ccc2ccccc2c1C#CCN. The molecule has 0 unspecified atom stereocenters. The zero-order chi connectivity index (χ0) is 10.7. The van der Waals surface area contributed by atoms with Crippen LogP contribution in [0.4, 0.5) is 0 Å². The number of hydrogen-bond donors (Lipinski definition) is 1. The van der Waals surface area contributed by atoms with E-state index in [1.165, 1.54) is 16.3 Å². The highest BCUT2D eigenvalue weighted by Crippen LogP contribution is 2.20. The lowest BCUT2D eigenvalue weighted by Gasteiger charge is -2.03. The highest BCUT2D eigenvalue weighted by molar-refractivity contribution is 5.89. The van der Waals surface area contributed by atoms with Crippen molar-refractivity contribution in [3.05, 3.63) is 47.5 Å². The maximum Gasteiger partial charge on any atom is 0.0555 e. The first-order chi connectivity index (χ1) is 7.33. The Morgan fingerprint density at radius 1 is 1.13 bits per heavy atom. The Labute approximate surface area is 89.9 Å². The molecule has 0 aliphatic carbocycles. The fourth-order valence-electron chi connectivity index (χ4n) is 1.69. The number of aryl methyl sites for hydroxylation is 1. The molecule has 0 radical (unpaired) electrons. The van der Waals surface area contributed by atoms with Crippen molar-refractivity contribution in [2.75, 3.05) is 6.54 Å². The van der Waals surface area contributed by atoms with Crippen LogP contribution in [0.5, 0.6) is 0 Å². The molecule has 74 valence electrons. The molecule has 0 atom stereocenters. The van der Waals surface area contributed by atoms with Gasteiger partial charge in [-0.1, -0.05) is 48.2 Å². The van der Waals surface area contributed by atoms with Gasteiger partial charge in [0.05, 0.1) is 6.54 Å². The number of benzene rings is 2. The molecule has 15 heavy (non-hydrogen) atoms. The lowest BCUT2D eigenvalue weighted by Crippen LogP contribution is -1.94. The molecule has 0 heterocycles. The fraction of sp³-hybridized carbons (Fsp3) is 0.143. The topological polar surface area (TPSA) is 26.0 Å². The Balaban J connectivity index is 2.74. The second kappa shape index (κ2) is 4.16. The van der Waals surface area contributed by atoms with Crippen molar-refractivity contribution in [2.24, 2.45) is 5.73 Å². The molecule has 2 aromatic rings. The molecule has 0 spiro atoms. The van der Waals surface area contributed by atoms with Crippen molar-refractivity contribution < 1.29 is 0 Å². The Morgan fingerprint density at radius 2 is 1.93 bits per heavy atom. The summed E-state index contributed by atoms with van der Waals surface area (Å²) in [6.07, 6.45) is 0. The predicted molar refractivity (Wildman–Crippen MR) is 64.6 cm³/mol. The van der Waals surface area contributed by atoms with Gasteiger partial charge in [0.2, 0.25) is 0 Å². The third-order valence-electron chi connectivity index (χ3n) is 2.45. The largest absolute Gasteiger partial charge is 0.320 e. The van der Waals surface area contributed by atoms with Gasteiger partial charge < -0.3 is 5.73 Å². The summed E-state index contributed by atoms with van der Waals surface area (Å²) in [5.74, 6) is 6.06. The molecular formula is C14H13N. The molecule has 0 aliphatic heterocycles. The minimum absolute atomic E-state index is 0.405. The van der Waals surface area contributed by atoms with Gasteiger partial charge in [0.15, 0.2) is 0 Å². The second-order valence-electron chi connectivity index (χ2n) is 3.48. The van der Waals surface area contributed by atoms with Gasteiger partial charge in [-0.25, -0.2) is 0 Å². The average molecular weight is 195 g/mol. The quantitative estimate of drug-likeness (QED) is 0.642. The lowest BCUT2D eigenvalue weighted by molar-refractivity contribution is 1.30. The average Bonchev–Trinajstić information content (AvgIpc) is 2.28. The molecule has 0 aliphatic rings. The van der Waals surface area contributed by atoms with Crippen LogP contribution in [0.15, 0.2) is 36.4 Å². The first-order valence-electron chi connectivity index (χ1n) is 5.00. The van der Waals surface area contributed by atoms with Crippen molar-refractivity contribution in [3.63, 3.8) is 0 Å². The maximum atomic E-state index is 5.40. The highest BCUT2D eigenvalue weighted by Gasteiger charge is 2.00. The van der Waals surface area contributed by atoms with Crippen LogP contribution in [0.2, 0.25) is 0 Å². The van der Waals surface area contributed by atoms with Crippen molar-refractivity contribution in [3.8, 4) is 11.8 Å². The molecule has 1 nitrogen and oxygen atoms in total. The summed E-state index contributed by atoms with van der Waals surface area (Å²) in [5, 5.41) is 2.43. The molecular weight excluding hydrogens is 182 g/mol. The maximum absolute atomic E-state index is 5.40. The summed E-state index contributed by atoms with van der Waals surface area (Å²) in [5.41, 5.74) is 7.70. The van der Waals surface area contributed by atoms with Crippen molar-refractivity contribution in [1.29, 1.82) is 0 Å². The van der Waals surface area contributed by atoms with Crippen LogP contribution in [-0.4, -0.2) is 6.54 Å². The fourth-order valence-corrected chi connectivity index (χ4v) is 1.69. The molecule has 2 rings (SSSR count). The monoisotopic (exact) mass is 195 g/mol. The van der Waals surface area contributed by atoms with Gasteiger partial charge in [0, 0.05) is 5.56 Å². The van der Waals surface area contributed by atoms with E-state index in [2.05, 4.69) is 43.0 Å². The van der Waals surface area contributed by atoms with E-state index in [0.717, 1.165) is 5.56 Å². The highest BCUT2D eigenvalue weighted by atomic mass is 14.5. The zero-order valence-corrected chi connectivity index (χ0v) is 8.75. The Bertz CT molecular complexity index is 544. The first-order valence-corrected chi connectivity index (χ1v) is 5.00. The summed E-state index contributed by atoms with van der Waals surface area (Å²) < 4.78 is 0. The van der Waals surface area contributed by atoms with Gasteiger partial charge in [-0.3, -0.25) is 0 Å². The minimum atomic E-state index is 0.405. The number of rotatable bonds is 0. The van der Waals surface area contributed by atoms with Crippen LogP contribution in [0.1, 0.15) is 11.1 Å². The van der Waals surface area contributed by atoms with Crippen molar-refractivity contribution in [2.45, 2.75) is 6.92 Å². The van der Waals surface area contributed by atoms with E-state index < -0.39 is 0 Å². The molecule has 0 amide bonds. The van der Waals surface area contributed by atoms with Gasteiger partial charge in [0.1, 0.15) is 0 Å². The number of nitrogens with two attached hydrogens (primary N) is 1. The number of fused-ring (bicyclic) bond motifs is 1. The van der Waals surface area contributed by atoms with Crippen LogP contribution >= 0.6 is 0 Å². The van der Waals surface area contributed by atoms with Gasteiger partial charge in [-0.15, -0.1) is 0 Å². The molecule has 2 aromatic carbocycles. The van der Waals surface area contributed by atoms with Gasteiger partial charge >= 0.3 is 0 Å². The predicted octanol–water partition coefficient (Wildman–Crippen LogP) is 2.46. The molecule has 1 heteroatoms. The van der Waals surface area contributed by atoms with E-state index in [1.807, 2.05) is 12.1 Å². The van der Waals surface area contributed by atoms with E-state index in [-0.39, 0.29) is 0 Å². The second-order valence-corrected chi connectivity index (χ2v) is 3.48. The summed E-state index contributed by atoms with van der Waals surface area (Å²) >= 11 is 0. The Kier molecular flexibility index (Phi) is 2.71. The van der Waals surface area contributed by atoms with E-state index in [1.54, 1.807) is 0 Å². The Morgan fingerprint density at radius 3 is 2.73 bits per heavy atom. The molecule has 0 saturated carbocycles. The molecule has 0 bridgehead atoms. The zero-order valence-electron chi connectivity index (χ0n) is 8.75. The molecule has 0 aromatic heterocycles. The number of hydrogen-bond acceptors (Lipinski definition) is 1. The van der Waals surface area contributed by atoms with Crippen LogP contribution in [0, 0.1) is 18.8 Å². The van der Waals surface area contributed by atoms with Gasteiger partial charge in [-0.05, 0) is 23.3 Å². The summed E-state index contributed by atoms with van der Waals surface area (Å²) in [6.45, 7) is 2.48. The lowest BCUT2D eigenvalue weighted by atomic mass is 10.0. The normalized spacial score (nSPS) is 9.73. The molecule has 0 saturated heterocycles. The third-order valence-corrected chi connectivity index (χ3v) is 2.45. The van der Waals surface area contributed by atoms with Crippen molar-refractivity contribution >= 4 is 10.8 Å². The van der Waals surface area contributed by atoms with Crippen LogP contribution in [0.25, 0.3) is 10.8 Å². The van der Waals surface area contributed by atoms with E-state index in [9.17, 15) is 0 Å². The Hall–Kier alpha value is -1.78. The minimum Gasteiger partial charge on any atom is -0.320 e. The van der Waals surface area contributed by atoms with Gasteiger partial charge in [-0.2, -0.15) is 0 Å². The van der Waals surface area contributed by atoms with Gasteiger partial charge in [0.25, 0.3) is 0 Å². The van der Waals surface area contributed by atoms with E-state index >= 15 is 0 Å². The van der Waals surface area contributed by atoms with E-state index in [4.69, 9.17) is 5.73 Å². The van der Waals surface area contributed by atoms with Crippen molar-refractivity contribution in [1.82, 2.24) is 0 Å². The summed E-state index contributed by atoms with van der Waals surface area (Å²) in [4.78, 5) is 0. The standard InChI is InChI=1S/C14H13N/c1-11-8-9-12-5-2-3-6-14(12)13(11)7-4-10-15/h2-3,5-6,8-9H,10,15H2,1H3. The van der Waals surface area contributed by atoms with Crippen LogP contribution in [0.3, 0.4) is 0 Å². The molecule has 0 fully saturated rings. The summed E-state index contributed by atoms with van der Waals surface area (Å²) in [6, 6.07) is 12.5. The van der Waals surface area contributed by atoms with E-state index in [0.29, 0.717) is 6.54 Å². The third kappa shape index (κ3) is 1.86. The molecule has 2 N–H and O–H groups in total. The smallest absolute Gasteiger partial charge is 0.0555 e. The van der Waals surface area contributed by atoms with Crippen LogP contribution < -0.4 is 5.73 Å². The van der Waals surface area contributed by atoms with Crippen LogP contribution in [-0.2, 0) is 0 Å².